The monoisotopic (exact) mass is 280 g/mol. The lowest BCUT2D eigenvalue weighted by Gasteiger charge is -2.15. The van der Waals surface area contributed by atoms with Crippen molar-refractivity contribution in [2.75, 3.05) is 26.4 Å². The van der Waals surface area contributed by atoms with E-state index in [1.165, 1.54) is 0 Å². The summed E-state index contributed by atoms with van der Waals surface area (Å²) in [5, 5.41) is 10.0. The van der Waals surface area contributed by atoms with Gasteiger partial charge in [-0.3, -0.25) is 0 Å². The Morgan fingerprint density at radius 3 is 2.60 bits per heavy atom. The molecule has 0 aromatic heterocycles. The number of esters is 1. The molecule has 0 spiro atoms. The molecule has 1 aromatic rings. The van der Waals surface area contributed by atoms with Crippen LogP contribution in [0.15, 0.2) is 24.3 Å². The van der Waals surface area contributed by atoms with Gasteiger partial charge >= 0.3 is 5.97 Å². The van der Waals surface area contributed by atoms with Crippen LogP contribution in [0.4, 0.5) is 0 Å². The predicted octanol–water partition coefficient (Wildman–Crippen LogP) is 0.648. The van der Waals surface area contributed by atoms with Gasteiger partial charge in [-0.15, -0.1) is 0 Å². The fourth-order valence-electron chi connectivity index (χ4n) is 1.76. The molecule has 2 aliphatic rings. The molecule has 0 saturated carbocycles. The summed E-state index contributed by atoms with van der Waals surface area (Å²) in [6.45, 7) is 1.82. The minimum absolute atomic E-state index is 0.0132. The standard InChI is InChI=1S/C14H16O6/c15-13(19-7-9-5-17-9)11-3-1-2-4-12(11)14(16)20-8-10-6-18-10/h1-4,9-10,13,15H,5-8H2. The van der Waals surface area contributed by atoms with Crippen LogP contribution in [0.5, 0.6) is 0 Å². The molecule has 1 aromatic carbocycles. The van der Waals surface area contributed by atoms with Crippen LogP contribution in [-0.4, -0.2) is 49.7 Å². The Bertz CT molecular complexity index is 480. The van der Waals surface area contributed by atoms with Crippen molar-refractivity contribution in [2.45, 2.75) is 18.5 Å². The number of benzene rings is 1. The molecule has 20 heavy (non-hydrogen) atoms. The van der Waals surface area contributed by atoms with E-state index in [-0.39, 0.29) is 18.8 Å². The summed E-state index contributed by atoms with van der Waals surface area (Å²) in [5.41, 5.74) is 0.701. The maximum Gasteiger partial charge on any atom is 0.338 e. The molecule has 0 aliphatic carbocycles. The lowest BCUT2D eigenvalue weighted by atomic mass is 10.1. The Hall–Kier alpha value is -1.47. The highest BCUT2D eigenvalue weighted by molar-refractivity contribution is 5.91. The lowest BCUT2D eigenvalue weighted by Crippen LogP contribution is -2.16. The van der Waals surface area contributed by atoms with Crippen LogP contribution in [0.25, 0.3) is 0 Å². The molecule has 2 heterocycles. The first-order chi connectivity index (χ1) is 9.74. The summed E-state index contributed by atoms with van der Waals surface area (Å²) in [6, 6.07) is 6.69. The molecule has 0 radical (unpaired) electrons. The number of hydrogen-bond donors (Lipinski definition) is 1. The molecule has 2 fully saturated rings. The number of carbonyl (C=O) groups is 1. The quantitative estimate of drug-likeness (QED) is 0.448. The zero-order chi connectivity index (χ0) is 13.9. The molecular weight excluding hydrogens is 264 g/mol. The van der Waals surface area contributed by atoms with Gasteiger partial charge in [-0.05, 0) is 6.07 Å². The summed E-state index contributed by atoms with van der Waals surface area (Å²) in [5.74, 6) is -0.485. The average Bonchev–Trinajstić information content (AvgIpc) is 3.36. The van der Waals surface area contributed by atoms with Crippen molar-refractivity contribution in [1.29, 1.82) is 0 Å². The molecule has 0 amide bonds. The van der Waals surface area contributed by atoms with Crippen LogP contribution < -0.4 is 0 Å². The zero-order valence-electron chi connectivity index (χ0n) is 10.9. The summed E-state index contributed by atoms with van der Waals surface area (Å²) in [4.78, 5) is 12.0. The predicted molar refractivity (Wildman–Crippen MR) is 67.1 cm³/mol. The SMILES string of the molecule is O=C(OCC1CO1)c1ccccc1C(O)OCC1CO1. The molecule has 3 rings (SSSR count). The molecule has 3 atom stereocenters. The van der Waals surface area contributed by atoms with E-state index >= 15 is 0 Å². The first-order valence-corrected chi connectivity index (χ1v) is 6.53. The second kappa shape index (κ2) is 5.88. The van der Waals surface area contributed by atoms with E-state index in [0.717, 1.165) is 0 Å². The fraction of sp³-hybridized carbons (Fsp3) is 0.500. The van der Waals surface area contributed by atoms with Crippen molar-refractivity contribution in [3.8, 4) is 0 Å². The minimum atomic E-state index is -1.17. The number of aliphatic hydroxyl groups is 1. The summed E-state index contributed by atoms with van der Waals surface area (Å²) < 4.78 is 20.4. The molecular formula is C14H16O6. The van der Waals surface area contributed by atoms with Gasteiger partial charge in [-0.2, -0.15) is 0 Å². The second-order valence-corrected chi connectivity index (χ2v) is 4.78. The Kier molecular flexibility index (Phi) is 3.98. The molecule has 0 bridgehead atoms. The summed E-state index contributed by atoms with van der Waals surface area (Å²) >= 11 is 0. The maximum atomic E-state index is 12.0. The highest BCUT2D eigenvalue weighted by atomic mass is 16.6. The van der Waals surface area contributed by atoms with Gasteiger partial charge in [-0.25, -0.2) is 4.79 Å². The highest BCUT2D eigenvalue weighted by Crippen LogP contribution is 2.22. The van der Waals surface area contributed by atoms with Gasteiger partial charge < -0.3 is 24.1 Å². The molecule has 2 aliphatic heterocycles. The number of carbonyl (C=O) groups excluding carboxylic acids is 1. The largest absolute Gasteiger partial charge is 0.459 e. The van der Waals surface area contributed by atoms with Gasteiger partial charge in [0.1, 0.15) is 18.8 Å². The summed E-state index contributed by atoms with van der Waals surface area (Å²) in [6.07, 6.45) is -1.10. The van der Waals surface area contributed by atoms with E-state index in [1.807, 2.05) is 0 Å². The Morgan fingerprint density at radius 1 is 1.25 bits per heavy atom. The maximum absolute atomic E-state index is 12.0. The van der Waals surface area contributed by atoms with Gasteiger partial charge in [0.2, 0.25) is 0 Å². The Labute approximate surface area is 116 Å². The molecule has 108 valence electrons. The first kappa shape index (κ1) is 13.5. The van der Waals surface area contributed by atoms with Crippen LogP contribution >= 0.6 is 0 Å². The van der Waals surface area contributed by atoms with E-state index in [9.17, 15) is 9.90 Å². The third kappa shape index (κ3) is 3.55. The zero-order valence-corrected chi connectivity index (χ0v) is 10.9. The first-order valence-electron chi connectivity index (χ1n) is 6.53. The van der Waals surface area contributed by atoms with Crippen molar-refractivity contribution in [2.24, 2.45) is 0 Å². The van der Waals surface area contributed by atoms with Crippen molar-refractivity contribution >= 4 is 5.97 Å². The van der Waals surface area contributed by atoms with Gasteiger partial charge in [0.25, 0.3) is 0 Å². The van der Waals surface area contributed by atoms with Crippen molar-refractivity contribution in [3.63, 3.8) is 0 Å². The van der Waals surface area contributed by atoms with Gasteiger partial charge in [0.05, 0.1) is 25.4 Å². The van der Waals surface area contributed by atoms with E-state index < -0.39 is 12.3 Å². The average molecular weight is 280 g/mol. The number of rotatable bonds is 7. The number of epoxide rings is 2. The smallest absolute Gasteiger partial charge is 0.338 e. The van der Waals surface area contributed by atoms with E-state index in [2.05, 4.69) is 0 Å². The van der Waals surface area contributed by atoms with Crippen LogP contribution in [0.1, 0.15) is 22.2 Å². The minimum Gasteiger partial charge on any atom is -0.459 e. The molecule has 2 saturated heterocycles. The Balaban J connectivity index is 1.63. The molecule has 3 unspecified atom stereocenters. The lowest BCUT2D eigenvalue weighted by molar-refractivity contribution is -0.107. The van der Waals surface area contributed by atoms with Gasteiger partial charge in [0.15, 0.2) is 6.29 Å². The van der Waals surface area contributed by atoms with Crippen molar-refractivity contribution in [3.05, 3.63) is 35.4 Å². The van der Waals surface area contributed by atoms with E-state index in [1.54, 1.807) is 24.3 Å². The third-order valence-electron chi connectivity index (χ3n) is 3.09. The highest BCUT2D eigenvalue weighted by Gasteiger charge is 2.27. The van der Waals surface area contributed by atoms with E-state index in [4.69, 9.17) is 18.9 Å². The number of ether oxygens (including phenoxy) is 4. The van der Waals surface area contributed by atoms with Crippen LogP contribution in [0, 0.1) is 0 Å². The van der Waals surface area contributed by atoms with Crippen LogP contribution in [0.2, 0.25) is 0 Å². The van der Waals surface area contributed by atoms with Crippen molar-refractivity contribution < 1.29 is 28.8 Å². The summed E-state index contributed by atoms with van der Waals surface area (Å²) in [7, 11) is 0. The Morgan fingerprint density at radius 2 is 1.90 bits per heavy atom. The van der Waals surface area contributed by atoms with Crippen LogP contribution in [0.3, 0.4) is 0 Å². The number of hydrogen-bond acceptors (Lipinski definition) is 6. The molecule has 1 N–H and O–H groups in total. The molecule has 6 nitrogen and oxygen atoms in total. The van der Waals surface area contributed by atoms with Gasteiger partial charge in [-0.1, -0.05) is 18.2 Å². The van der Waals surface area contributed by atoms with E-state index in [0.29, 0.717) is 30.9 Å². The fourth-order valence-corrected chi connectivity index (χ4v) is 1.76. The molecule has 6 heteroatoms. The second-order valence-electron chi connectivity index (χ2n) is 4.78. The van der Waals surface area contributed by atoms with Crippen LogP contribution in [-0.2, 0) is 18.9 Å². The van der Waals surface area contributed by atoms with Crippen molar-refractivity contribution in [1.82, 2.24) is 0 Å². The normalized spacial score (nSPS) is 25.1. The number of aliphatic hydroxyl groups excluding tert-OH is 1. The van der Waals surface area contributed by atoms with Gasteiger partial charge in [0, 0.05) is 5.56 Å². The third-order valence-corrected chi connectivity index (χ3v) is 3.09. The topological polar surface area (TPSA) is 80.8 Å².